The molecule has 148 valence electrons. The lowest BCUT2D eigenvalue weighted by Gasteiger charge is -2.12. The Labute approximate surface area is 152 Å². The molecule has 11 heteroatoms. The van der Waals surface area contributed by atoms with E-state index >= 15 is 0 Å². The molecule has 0 saturated heterocycles. The summed E-state index contributed by atoms with van der Waals surface area (Å²) in [6.45, 7) is 3.49. The Morgan fingerprint density at radius 1 is 1.04 bits per heavy atom. The predicted octanol–water partition coefficient (Wildman–Crippen LogP) is -0.321. The van der Waals surface area contributed by atoms with Gasteiger partial charge in [-0.2, -0.15) is 4.39 Å². The molecule has 27 heavy (non-hydrogen) atoms. The maximum atomic E-state index is 14.0. The van der Waals surface area contributed by atoms with Gasteiger partial charge in [-0.1, -0.05) is 0 Å². The van der Waals surface area contributed by atoms with Crippen molar-refractivity contribution in [1.82, 2.24) is 9.13 Å². The highest BCUT2D eigenvalue weighted by molar-refractivity contribution is 6.14. The molecule has 0 saturated carbocycles. The fourth-order valence-corrected chi connectivity index (χ4v) is 1.94. The van der Waals surface area contributed by atoms with Crippen molar-refractivity contribution in [3.05, 3.63) is 38.9 Å². The van der Waals surface area contributed by atoms with Crippen LogP contribution >= 0.6 is 0 Å². The summed E-state index contributed by atoms with van der Waals surface area (Å²) < 4.78 is 28.7. The number of nitrogens with zero attached hydrogens (tertiary/aromatic N) is 2. The number of carbonyl (C=O) groups is 3. The summed E-state index contributed by atoms with van der Waals surface area (Å²) in [5.74, 6) is -4.51. The molecule has 1 heterocycles. The first kappa shape index (κ1) is 21.8. The van der Waals surface area contributed by atoms with Crippen LogP contribution in [0.5, 0.6) is 0 Å². The number of hydrogen-bond donors (Lipinski definition) is 0. The molecule has 0 bridgehead atoms. The Kier molecular flexibility index (Phi) is 8.11. The average molecular weight is 386 g/mol. The molecule has 0 aliphatic carbocycles. The van der Waals surface area contributed by atoms with E-state index in [0.29, 0.717) is 16.8 Å². The zero-order valence-electron chi connectivity index (χ0n) is 15.0. The number of halogens is 1. The van der Waals surface area contributed by atoms with Gasteiger partial charge in [0.15, 0.2) is 0 Å². The minimum absolute atomic E-state index is 0.0168. The molecule has 0 N–H and O–H groups in total. The van der Waals surface area contributed by atoms with Crippen molar-refractivity contribution in [2.24, 2.45) is 0 Å². The second-order valence-electron chi connectivity index (χ2n) is 4.83. The highest BCUT2D eigenvalue weighted by Crippen LogP contribution is 2.06. The van der Waals surface area contributed by atoms with Crippen LogP contribution in [0.3, 0.4) is 0 Å². The summed E-state index contributed by atoms with van der Waals surface area (Å²) in [6.07, 6.45) is 1.05. The van der Waals surface area contributed by atoms with Gasteiger partial charge in [-0.05, 0) is 20.8 Å². The zero-order valence-corrected chi connectivity index (χ0v) is 15.0. The van der Waals surface area contributed by atoms with Crippen LogP contribution < -0.4 is 11.2 Å². The van der Waals surface area contributed by atoms with Crippen molar-refractivity contribution in [1.29, 1.82) is 0 Å². The third-order valence-electron chi connectivity index (χ3n) is 3.01. The largest absolute Gasteiger partial charge is 0.465 e. The van der Waals surface area contributed by atoms with Gasteiger partial charge in [0.2, 0.25) is 5.82 Å². The van der Waals surface area contributed by atoms with E-state index in [1.54, 1.807) is 0 Å². The van der Waals surface area contributed by atoms with Crippen LogP contribution in [0, 0.1) is 5.82 Å². The molecule has 0 spiro atoms. The summed E-state index contributed by atoms with van der Waals surface area (Å²) in [5.41, 5.74) is -3.31. The van der Waals surface area contributed by atoms with Crippen molar-refractivity contribution in [2.45, 2.75) is 27.3 Å². The third-order valence-corrected chi connectivity index (χ3v) is 3.01. The van der Waals surface area contributed by atoms with E-state index in [1.807, 2.05) is 0 Å². The monoisotopic (exact) mass is 386 g/mol. The topological polar surface area (TPSA) is 123 Å². The fraction of sp³-hybridized carbons (Fsp3) is 0.438. The van der Waals surface area contributed by atoms with E-state index in [2.05, 4.69) is 9.47 Å². The van der Waals surface area contributed by atoms with Gasteiger partial charge in [0.1, 0.15) is 12.2 Å². The van der Waals surface area contributed by atoms with Crippen LogP contribution in [-0.4, -0.2) is 46.9 Å². The molecule has 0 aliphatic rings. The summed E-state index contributed by atoms with van der Waals surface area (Å²) in [7, 11) is 0. The molecule has 0 aromatic carbocycles. The van der Waals surface area contributed by atoms with Gasteiger partial charge >= 0.3 is 23.6 Å². The highest BCUT2D eigenvalue weighted by atomic mass is 19.1. The van der Waals surface area contributed by atoms with Gasteiger partial charge in [0.05, 0.1) is 32.1 Å². The van der Waals surface area contributed by atoms with E-state index < -0.39 is 47.2 Å². The van der Waals surface area contributed by atoms with Crippen LogP contribution in [0.2, 0.25) is 0 Å². The molecular formula is C16H19FN2O8. The lowest BCUT2D eigenvalue weighted by molar-refractivity contribution is -0.144. The molecule has 1 aromatic heterocycles. The van der Waals surface area contributed by atoms with Crippen LogP contribution in [0.4, 0.5) is 4.39 Å². The van der Waals surface area contributed by atoms with E-state index in [1.165, 1.54) is 20.8 Å². The first-order chi connectivity index (χ1) is 12.8. The SMILES string of the molecule is CCOC(=O)/C=C(/C(=O)OCC)n1cc(F)c(=O)n(CC(=O)OCC)c1=O. The van der Waals surface area contributed by atoms with Gasteiger partial charge in [-0.3, -0.25) is 14.2 Å². The van der Waals surface area contributed by atoms with Crippen molar-refractivity contribution < 1.29 is 33.0 Å². The number of esters is 3. The lowest BCUT2D eigenvalue weighted by Crippen LogP contribution is -2.43. The Bertz CT molecular complexity index is 868. The van der Waals surface area contributed by atoms with E-state index in [-0.39, 0.29) is 24.4 Å². The van der Waals surface area contributed by atoms with Crippen LogP contribution in [0.15, 0.2) is 21.9 Å². The minimum Gasteiger partial charge on any atom is -0.465 e. The Morgan fingerprint density at radius 2 is 1.63 bits per heavy atom. The number of hydrogen-bond acceptors (Lipinski definition) is 8. The Hall–Kier alpha value is -3.24. The van der Waals surface area contributed by atoms with Crippen LogP contribution in [0.1, 0.15) is 20.8 Å². The minimum atomic E-state index is -1.43. The van der Waals surface area contributed by atoms with Crippen molar-refractivity contribution in [3.8, 4) is 0 Å². The van der Waals surface area contributed by atoms with Gasteiger partial charge in [-0.15, -0.1) is 0 Å². The summed E-state index contributed by atoms with van der Waals surface area (Å²) >= 11 is 0. The molecule has 1 rings (SSSR count). The van der Waals surface area contributed by atoms with Crippen molar-refractivity contribution >= 4 is 23.6 Å². The van der Waals surface area contributed by atoms with E-state index in [9.17, 15) is 28.4 Å². The first-order valence-electron chi connectivity index (χ1n) is 8.00. The van der Waals surface area contributed by atoms with Crippen molar-refractivity contribution in [2.75, 3.05) is 19.8 Å². The van der Waals surface area contributed by atoms with Gasteiger partial charge in [0, 0.05) is 0 Å². The molecule has 0 aliphatic heterocycles. The van der Waals surface area contributed by atoms with Crippen molar-refractivity contribution in [3.63, 3.8) is 0 Å². The lowest BCUT2D eigenvalue weighted by atomic mass is 10.3. The predicted molar refractivity (Wildman–Crippen MR) is 89.1 cm³/mol. The Balaban J connectivity index is 3.59. The van der Waals surface area contributed by atoms with Gasteiger partial charge in [-0.25, -0.2) is 19.0 Å². The molecule has 10 nitrogen and oxygen atoms in total. The van der Waals surface area contributed by atoms with E-state index in [4.69, 9.17) is 4.74 Å². The number of ether oxygens (including phenoxy) is 3. The Morgan fingerprint density at radius 3 is 2.19 bits per heavy atom. The van der Waals surface area contributed by atoms with E-state index in [0.717, 1.165) is 0 Å². The summed E-state index contributed by atoms with van der Waals surface area (Å²) in [6, 6.07) is 0. The second-order valence-corrected chi connectivity index (χ2v) is 4.83. The normalized spacial score (nSPS) is 11.0. The summed E-state index contributed by atoms with van der Waals surface area (Å²) in [4.78, 5) is 59.8. The highest BCUT2D eigenvalue weighted by Gasteiger charge is 2.22. The maximum absolute atomic E-state index is 14.0. The quantitative estimate of drug-likeness (QED) is 0.338. The molecular weight excluding hydrogens is 367 g/mol. The maximum Gasteiger partial charge on any atom is 0.355 e. The number of aromatic nitrogens is 2. The fourth-order valence-electron chi connectivity index (χ4n) is 1.94. The number of carbonyl (C=O) groups excluding carboxylic acids is 3. The first-order valence-corrected chi connectivity index (χ1v) is 8.00. The second kappa shape index (κ2) is 10.0. The molecule has 0 unspecified atom stereocenters. The van der Waals surface area contributed by atoms with Gasteiger partial charge in [0.25, 0.3) is 5.56 Å². The molecule has 1 aromatic rings. The number of rotatable bonds is 8. The van der Waals surface area contributed by atoms with Crippen LogP contribution in [0.25, 0.3) is 5.70 Å². The smallest absolute Gasteiger partial charge is 0.355 e. The summed E-state index contributed by atoms with van der Waals surface area (Å²) in [5, 5.41) is 0. The zero-order chi connectivity index (χ0) is 20.6. The third kappa shape index (κ3) is 5.62. The molecule has 0 atom stereocenters. The standard InChI is InChI=1S/C16H19FN2O8/c1-4-25-12(20)7-11(15(23)27-6-3)18-8-10(17)14(22)19(16(18)24)9-13(21)26-5-2/h7-8H,4-6,9H2,1-3H3/b11-7-. The molecule has 0 amide bonds. The average Bonchev–Trinajstić information content (AvgIpc) is 2.60. The molecule has 0 fully saturated rings. The van der Waals surface area contributed by atoms with Gasteiger partial charge < -0.3 is 14.2 Å². The molecule has 0 radical (unpaired) electrons. The van der Waals surface area contributed by atoms with Crippen LogP contribution in [-0.2, 0) is 35.1 Å².